The van der Waals surface area contributed by atoms with Crippen molar-refractivity contribution in [2.24, 2.45) is 0 Å². The molecule has 1 aliphatic carbocycles. The fourth-order valence-electron chi connectivity index (χ4n) is 3.70. The molecule has 5 nitrogen and oxygen atoms in total. The minimum Gasteiger partial charge on any atom is -0.391 e. The van der Waals surface area contributed by atoms with Crippen LogP contribution < -0.4 is 5.32 Å². The summed E-state index contributed by atoms with van der Waals surface area (Å²) in [5, 5.41) is 17.9. The number of carbonyl (C=O) groups is 1. The maximum absolute atomic E-state index is 12.7. The average Bonchev–Trinajstić information content (AvgIpc) is 2.92. The molecule has 1 aliphatic rings. The van der Waals surface area contributed by atoms with Crippen molar-refractivity contribution in [2.45, 2.75) is 71.1 Å². The molecular formula is C21H29N3O2. The molecule has 2 N–H and O–H groups in total. The summed E-state index contributed by atoms with van der Waals surface area (Å²) in [6.45, 7) is 4.66. The van der Waals surface area contributed by atoms with Crippen LogP contribution in [0, 0.1) is 13.8 Å². The number of amides is 1. The van der Waals surface area contributed by atoms with Gasteiger partial charge in [-0.25, -0.2) is 0 Å². The molecule has 2 atom stereocenters. The van der Waals surface area contributed by atoms with E-state index in [4.69, 9.17) is 0 Å². The van der Waals surface area contributed by atoms with E-state index < -0.39 is 6.10 Å². The van der Waals surface area contributed by atoms with Crippen LogP contribution in [0.5, 0.6) is 0 Å². The predicted octanol–water partition coefficient (Wildman–Crippen LogP) is 3.36. The predicted molar refractivity (Wildman–Crippen MR) is 102 cm³/mol. The van der Waals surface area contributed by atoms with Crippen LogP contribution in [0.3, 0.4) is 0 Å². The van der Waals surface area contributed by atoms with Gasteiger partial charge in [0.1, 0.15) is 0 Å². The van der Waals surface area contributed by atoms with E-state index in [1.165, 1.54) is 12.8 Å². The van der Waals surface area contributed by atoms with E-state index in [-0.39, 0.29) is 11.9 Å². The molecule has 5 heteroatoms. The summed E-state index contributed by atoms with van der Waals surface area (Å²) in [4.78, 5) is 12.7. The van der Waals surface area contributed by atoms with E-state index in [0.29, 0.717) is 12.1 Å². The topological polar surface area (TPSA) is 67.2 Å². The largest absolute Gasteiger partial charge is 0.391 e. The molecule has 0 bridgehead atoms. The Hall–Kier alpha value is -2.14. The van der Waals surface area contributed by atoms with Crippen LogP contribution in [0.25, 0.3) is 0 Å². The van der Waals surface area contributed by atoms with Crippen molar-refractivity contribution >= 4 is 5.91 Å². The molecule has 2 aromatic rings. The first-order valence-electron chi connectivity index (χ1n) is 9.62. The lowest BCUT2D eigenvalue weighted by molar-refractivity contribution is 0.0771. The van der Waals surface area contributed by atoms with Gasteiger partial charge < -0.3 is 10.4 Å². The van der Waals surface area contributed by atoms with E-state index in [1.807, 2.05) is 48.9 Å². The molecule has 0 spiro atoms. The number of aliphatic hydroxyl groups is 1. The highest BCUT2D eigenvalue weighted by Gasteiger charge is 2.22. The summed E-state index contributed by atoms with van der Waals surface area (Å²) in [6.07, 6.45) is 5.60. The first-order valence-corrected chi connectivity index (χ1v) is 9.62. The third kappa shape index (κ3) is 4.73. The van der Waals surface area contributed by atoms with Gasteiger partial charge in [-0.1, -0.05) is 37.8 Å². The molecule has 3 rings (SSSR count). The monoisotopic (exact) mass is 355 g/mol. The number of hydrogen-bond donors (Lipinski definition) is 2. The van der Waals surface area contributed by atoms with E-state index in [1.54, 1.807) is 0 Å². The lowest BCUT2D eigenvalue weighted by Gasteiger charge is -2.26. The van der Waals surface area contributed by atoms with Crippen LogP contribution in [-0.2, 0) is 6.54 Å². The van der Waals surface area contributed by atoms with E-state index >= 15 is 0 Å². The number of benzene rings is 1. The number of nitrogens with one attached hydrogen (secondary N) is 1. The quantitative estimate of drug-likeness (QED) is 0.884. The van der Waals surface area contributed by atoms with Gasteiger partial charge >= 0.3 is 0 Å². The number of rotatable bonds is 4. The molecule has 0 radical (unpaired) electrons. The normalized spacial score (nSPS) is 21.0. The van der Waals surface area contributed by atoms with E-state index in [2.05, 4.69) is 10.4 Å². The molecule has 140 valence electrons. The van der Waals surface area contributed by atoms with Crippen LogP contribution in [0.4, 0.5) is 0 Å². The van der Waals surface area contributed by atoms with Gasteiger partial charge in [-0.15, -0.1) is 0 Å². The Bertz CT molecular complexity index is 753. The number of aromatic nitrogens is 2. The molecule has 1 fully saturated rings. The van der Waals surface area contributed by atoms with Crippen molar-refractivity contribution in [1.82, 2.24) is 15.1 Å². The molecule has 1 saturated carbocycles. The molecule has 0 unspecified atom stereocenters. The third-order valence-electron chi connectivity index (χ3n) is 5.17. The Balaban J connectivity index is 1.68. The molecule has 1 amide bonds. The maximum Gasteiger partial charge on any atom is 0.251 e. The minimum absolute atomic E-state index is 0.107. The van der Waals surface area contributed by atoms with Gasteiger partial charge in [-0.2, -0.15) is 5.10 Å². The first kappa shape index (κ1) is 18.6. The smallest absolute Gasteiger partial charge is 0.251 e. The highest BCUT2D eigenvalue weighted by Crippen LogP contribution is 2.18. The number of carbonyl (C=O) groups excluding carboxylic acids is 1. The highest BCUT2D eigenvalue weighted by molar-refractivity contribution is 5.94. The molecule has 1 heterocycles. The summed E-state index contributed by atoms with van der Waals surface area (Å²) >= 11 is 0. The maximum atomic E-state index is 12.7. The Labute approximate surface area is 155 Å². The third-order valence-corrected chi connectivity index (χ3v) is 5.17. The van der Waals surface area contributed by atoms with Crippen molar-refractivity contribution in [1.29, 1.82) is 0 Å². The van der Waals surface area contributed by atoms with Crippen molar-refractivity contribution in [3.05, 3.63) is 52.8 Å². The van der Waals surface area contributed by atoms with E-state index in [0.717, 1.165) is 42.6 Å². The van der Waals surface area contributed by atoms with Gasteiger partial charge in [0.2, 0.25) is 0 Å². The van der Waals surface area contributed by atoms with Gasteiger partial charge in [0.15, 0.2) is 0 Å². The number of aliphatic hydroxyl groups excluding tert-OH is 1. The second kappa shape index (κ2) is 8.49. The van der Waals surface area contributed by atoms with Crippen molar-refractivity contribution in [2.75, 3.05) is 0 Å². The summed E-state index contributed by atoms with van der Waals surface area (Å²) in [6, 6.07) is 9.56. The lowest BCUT2D eigenvalue weighted by Crippen LogP contribution is -2.43. The van der Waals surface area contributed by atoms with Gasteiger partial charge in [0, 0.05) is 11.3 Å². The lowest BCUT2D eigenvalue weighted by atomic mass is 9.94. The summed E-state index contributed by atoms with van der Waals surface area (Å²) in [5.74, 6) is -0.107. The Morgan fingerprint density at radius 1 is 1.19 bits per heavy atom. The number of nitrogens with zero attached hydrogens (tertiary/aromatic N) is 2. The Kier molecular flexibility index (Phi) is 6.09. The Morgan fingerprint density at radius 3 is 2.69 bits per heavy atom. The van der Waals surface area contributed by atoms with Gasteiger partial charge in [-0.3, -0.25) is 9.48 Å². The molecule has 1 aromatic carbocycles. The molecule has 1 aromatic heterocycles. The molecule has 0 aliphatic heterocycles. The average molecular weight is 355 g/mol. The summed E-state index contributed by atoms with van der Waals surface area (Å²) < 4.78 is 1.95. The second-order valence-electron chi connectivity index (χ2n) is 7.42. The van der Waals surface area contributed by atoms with Gasteiger partial charge in [-0.05, 0) is 50.5 Å². The van der Waals surface area contributed by atoms with Crippen LogP contribution >= 0.6 is 0 Å². The molecule has 26 heavy (non-hydrogen) atoms. The van der Waals surface area contributed by atoms with Crippen molar-refractivity contribution in [3.8, 4) is 0 Å². The standard InChI is InChI=1S/C21H29N3O2/c1-15-12-16(2)24(23-15)14-17-8-7-9-18(13-17)21(26)22-19-10-5-3-4-6-11-20(19)25/h7-9,12-13,19-20,25H,3-6,10-11,14H2,1-2H3,(H,22,26)/t19-,20-/m0/s1. The zero-order valence-corrected chi connectivity index (χ0v) is 15.7. The van der Waals surface area contributed by atoms with Crippen LogP contribution in [0.1, 0.15) is 65.8 Å². The fraction of sp³-hybridized carbons (Fsp3) is 0.524. The molecular weight excluding hydrogens is 326 g/mol. The van der Waals surface area contributed by atoms with Crippen LogP contribution in [-0.4, -0.2) is 32.9 Å². The number of hydrogen-bond acceptors (Lipinski definition) is 3. The second-order valence-corrected chi connectivity index (χ2v) is 7.42. The highest BCUT2D eigenvalue weighted by atomic mass is 16.3. The molecule has 0 saturated heterocycles. The minimum atomic E-state index is -0.447. The SMILES string of the molecule is Cc1cc(C)n(Cc2cccc(C(=O)N[C@H]3CCCCCC[C@@H]3O)c2)n1. The van der Waals surface area contributed by atoms with Crippen LogP contribution in [0.15, 0.2) is 30.3 Å². The zero-order chi connectivity index (χ0) is 18.5. The summed E-state index contributed by atoms with van der Waals surface area (Å²) in [7, 11) is 0. The zero-order valence-electron chi connectivity index (χ0n) is 15.7. The first-order chi connectivity index (χ1) is 12.5. The van der Waals surface area contributed by atoms with Gasteiger partial charge in [0.25, 0.3) is 5.91 Å². The van der Waals surface area contributed by atoms with Crippen molar-refractivity contribution < 1.29 is 9.90 Å². The van der Waals surface area contributed by atoms with Crippen LogP contribution in [0.2, 0.25) is 0 Å². The summed E-state index contributed by atoms with van der Waals surface area (Å²) in [5.41, 5.74) is 3.78. The van der Waals surface area contributed by atoms with Gasteiger partial charge in [0.05, 0.1) is 24.4 Å². The number of aryl methyl sites for hydroxylation is 2. The Morgan fingerprint density at radius 2 is 1.96 bits per heavy atom. The fourth-order valence-corrected chi connectivity index (χ4v) is 3.70. The van der Waals surface area contributed by atoms with E-state index in [9.17, 15) is 9.90 Å². The van der Waals surface area contributed by atoms with Crippen molar-refractivity contribution in [3.63, 3.8) is 0 Å².